The number of carbonyl (C=O) groups is 1. The van der Waals surface area contributed by atoms with Crippen molar-refractivity contribution in [3.8, 4) is 11.4 Å². The average molecular weight is 523 g/mol. The van der Waals surface area contributed by atoms with Crippen LogP contribution in [0.5, 0.6) is 5.75 Å². The Hall–Kier alpha value is -4.58. The molecular weight excluding hydrogens is 505 g/mol. The highest BCUT2D eigenvalue weighted by Crippen LogP contribution is 2.28. The van der Waals surface area contributed by atoms with Crippen molar-refractivity contribution in [2.24, 2.45) is 4.40 Å². The van der Waals surface area contributed by atoms with Crippen molar-refractivity contribution in [2.75, 3.05) is 5.32 Å². The van der Waals surface area contributed by atoms with Crippen LogP contribution in [-0.4, -0.2) is 33.1 Å². The van der Waals surface area contributed by atoms with Gasteiger partial charge in [-0.05, 0) is 59.5 Å². The van der Waals surface area contributed by atoms with Crippen LogP contribution in [0.15, 0.2) is 89.8 Å². The number of alkyl halides is 3. The molecule has 186 valence electrons. The van der Waals surface area contributed by atoms with E-state index in [9.17, 15) is 18.0 Å². The molecule has 3 aromatic carbocycles. The number of urea groups is 1. The predicted molar refractivity (Wildman–Crippen MR) is 137 cm³/mol. The molecule has 5 aromatic rings. The van der Waals surface area contributed by atoms with Crippen molar-refractivity contribution in [2.45, 2.75) is 6.36 Å². The zero-order chi connectivity index (χ0) is 25.8. The van der Waals surface area contributed by atoms with Gasteiger partial charge in [0.05, 0.1) is 35.1 Å². The number of hydrogen-bond acceptors (Lipinski definition) is 6. The van der Waals surface area contributed by atoms with Gasteiger partial charge in [-0.25, -0.2) is 14.2 Å². The van der Waals surface area contributed by atoms with Gasteiger partial charge in [-0.3, -0.25) is 14.3 Å². The molecule has 2 aromatic heterocycles. The third-order valence-corrected chi connectivity index (χ3v) is 5.70. The minimum Gasteiger partial charge on any atom is -0.406 e. The molecule has 12 heteroatoms. The van der Waals surface area contributed by atoms with Gasteiger partial charge < -0.3 is 10.1 Å². The topological polar surface area (TPSA) is 93.4 Å². The number of amides is 2. The van der Waals surface area contributed by atoms with E-state index in [0.717, 1.165) is 39.5 Å². The first-order chi connectivity index (χ1) is 17.9. The third kappa shape index (κ3) is 5.81. The molecular formula is C25H17F3N6O2S. The molecule has 0 atom stereocenters. The number of ether oxygens (including phenoxy) is 1. The number of anilines is 1. The molecule has 0 saturated heterocycles. The van der Waals surface area contributed by atoms with Gasteiger partial charge in [0.2, 0.25) is 0 Å². The SMILES string of the molecule is O=C(NSN=Cc1ccc2c(ccc3c2ncn3-c2ccc(OC(F)(F)F)cc2)c1)Nc1cccnc1. The minimum absolute atomic E-state index is 0.289. The Morgan fingerprint density at radius 1 is 1.08 bits per heavy atom. The number of imidazole rings is 1. The molecule has 0 unspecified atom stereocenters. The number of rotatable bonds is 6. The number of carbonyl (C=O) groups excluding carboxylic acids is 1. The monoisotopic (exact) mass is 522 g/mol. The predicted octanol–water partition coefficient (Wildman–Crippen LogP) is 6.28. The summed E-state index contributed by atoms with van der Waals surface area (Å²) in [7, 11) is 0. The molecule has 0 aliphatic heterocycles. The lowest BCUT2D eigenvalue weighted by molar-refractivity contribution is -0.274. The summed E-state index contributed by atoms with van der Waals surface area (Å²) in [5.41, 5.74) is 3.60. The average Bonchev–Trinajstić information content (AvgIpc) is 3.31. The van der Waals surface area contributed by atoms with E-state index in [1.54, 1.807) is 35.4 Å². The molecule has 5 rings (SSSR count). The van der Waals surface area contributed by atoms with E-state index in [1.807, 2.05) is 30.3 Å². The Balaban J connectivity index is 1.28. The normalized spacial score (nSPS) is 11.8. The fourth-order valence-corrected chi connectivity index (χ4v) is 4.03. The zero-order valence-corrected chi connectivity index (χ0v) is 19.6. The van der Waals surface area contributed by atoms with Crippen molar-refractivity contribution in [1.82, 2.24) is 19.3 Å². The fraction of sp³-hybridized carbons (Fsp3) is 0.0400. The first-order valence-corrected chi connectivity index (χ1v) is 11.6. The van der Waals surface area contributed by atoms with Crippen LogP contribution < -0.4 is 14.8 Å². The number of fused-ring (bicyclic) bond motifs is 3. The van der Waals surface area contributed by atoms with E-state index in [1.165, 1.54) is 30.5 Å². The standard InChI is InChI=1S/C25H17F3N6O2S/c26-25(27,28)36-20-7-5-19(6-8-20)34-15-30-23-21-9-3-16(12-17(21)4-10-22(23)34)13-31-37-33-24(35)32-18-2-1-11-29-14-18/h1-15H,(H2,32,33,35). The molecule has 2 heterocycles. The van der Waals surface area contributed by atoms with E-state index in [0.29, 0.717) is 11.4 Å². The zero-order valence-electron chi connectivity index (χ0n) is 18.8. The summed E-state index contributed by atoms with van der Waals surface area (Å²) in [6.07, 6.45) is 1.66. The smallest absolute Gasteiger partial charge is 0.406 e. The van der Waals surface area contributed by atoms with Crippen LogP contribution in [0.4, 0.5) is 23.7 Å². The van der Waals surface area contributed by atoms with Crippen molar-refractivity contribution in [1.29, 1.82) is 0 Å². The molecule has 0 aliphatic rings. The number of pyridine rings is 1. The Kier molecular flexibility index (Phi) is 6.64. The molecule has 0 fully saturated rings. The van der Waals surface area contributed by atoms with Crippen molar-refractivity contribution >= 4 is 51.9 Å². The maximum atomic E-state index is 12.4. The molecule has 0 bridgehead atoms. The van der Waals surface area contributed by atoms with Crippen LogP contribution in [0, 0.1) is 0 Å². The van der Waals surface area contributed by atoms with Crippen LogP contribution in [0.3, 0.4) is 0 Å². The molecule has 0 aliphatic carbocycles. The Morgan fingerprint density at radius 2 is 1.92 bits per heavy atom. The van der Waals surface area contributed by atoms with Crippen molar-refractivity contribution < 1.29 is 22.7 Å². The Bertz CT molecular complexity index is 1590. The van der Waals surface area contributed by atoms with Gasteiger partial charge in [-0.2, -0.15) is 0 Å². The fourth-order valence-electron chi connectivity index (χ4n) is 3.67. The van der Waals surface area contributed by atoms with Gasteiger partial charge in [0.25, 0.3) is 0 Å². The molecule has 2 amide bonds. The lowest BCUT2D eigenvalue weighted by Gasteiger charge is -2.10. The highest BCUT2D eigenvalue weighted by Gasteiger charge is 2.31. The van der Waals surface area contributed by atoms with Crippen LogP contribution in [0.25, 0.3) is 27.5 Å². The largest absolute Gasteiger partial charge is 0.573 e. The molecule has 0 radical (unpaired) electrons. The molecule has 0 spiro atoms. The Labute approximate surface area is 212 Å². The second-order valence-corrected chi connectivity index (χ2v) is 8.29. The van der Waals surface area contributed by atoms with Crippen LogP contribution in [0.2, 0.25) is 0 Å². The first kappa shape index (κ1) is 24.1. The second-order valence-electron chi connectivity index (χ2n) is 7.69. The number of hydrogen-bond donors (Lipinski definition) is 2. The van der Waals surface area contributed by atoms with Crippen LogP contribution in [-0.2, 0) is 0 Å². The highest BCUT2D eigenvalue weighted by molar-refractivity contribution is 7.96. The van der Waals surface area contributed by atoms with Gasteiger partial charge in [0.1, 0.15) is 12.1 Å². The summed E-state index contributed by atoms with van der Waals surface area (Å²) in [5.74, 6) is -0.289. The van der Waals surface area contributed by atoms with Crippen LogP contribution >= 0.6 is 12.1 Å². The molecule has 2 N–H and O–H groups in total. The van der Waals surface area contributed by atoms with Gasteiger partial charge >= 0.3 is 12.4 Å². The summed E-state index contributed by atoms with van der Waals surface area (Å²) in [6, 6.07) is 18.2. The highest BCUT2D eigenvalue weighted by atomic mass is 32.2. The van der Waals surface area contributed by atoms with Crippen molar-refractivity contribution in [3.05, 3.63) is 91.0 Å². The first-order valence-electron chi connectivity index (χ1n) is 10.8. The van der Waals surface area contributed by atoms with Gasteiger partial charge in [0, 0.05) is 23.5 Å². The van der Waals surface area contributed by atoms with Crippen molar-refractivity contribution in [3.63, 3.8) is 0 Å². The Morgan fingerprint density at radius 3 is 2.68 bits per heavy atom. The van der Waals surface area contributed by atoms with E-state index < -0.39 is 12.4 Å². The quantitative estimate of drug-likeness (QED) is 0.202. The lowest BCUT2D eigenvalue weighted by Crippen LogP contribution is -2.22. The number of nitrogens with zero attached hydrogens (tertiary/aromatic N) is 4. The third-order valence-electron chi connectivity index (χ3n) is 5.22. The van der Waals surface area contributed by atoms with E-state index >= 15 is 0 Å². The number of aromatic nitrogens is 3. The van der Waals surface area contributed by atoms with E-state index in [-0.39, 0.29) is 5.75 Å². The van der Waals surface area contributed by atoms with E-state index in [2.05, 4.69) is 29.1 Å². The van der Waals surface area contributed by atoms with E-state index in [4.69, 9.17) is 0 Å². The second kappa shape index (κ2) is 10.2. The summed E-state index contributed by atoms with van der Waals surface area (Å²) < 4.78 is 49.7. The lowest BCUT2D eigenvalue weighted by atomic mass is 10.1. The van der Waals surface area contributed by atoms with Gasteiger partial charge in [0.15, 0.2) is 0 Å². The summed E-state index contributed by atoms with van der Waals surface area (Å²) in [6.45, 7) is 0. The van der Waals surface area contributed by atoms with Gasteiger partial charge in [-0.1, -0.05) is 18.2 Å². The number of nitrogens with one attached hydrogen (secondary N) is 2. The molecule has 37 heavy (non-hydrogen) atoms. The maximum Gasteiger partial charge on any atom is 0.573 e. The maximum absolute atomic E-state index is 12.4. The number of benzene rings is 3. The molecule has 0 saturated carbocycles. The summed E-state index contributed by atoms with van der Waals surface area (Å²) >= 11 is 0.888. The summed E-state index contributed by atoms with van der Waals surface area (Å²) in [4.78, 5) is 20.3. The molecule has 8 nitrogen and oxygen atoms in total. The minimum atomic E-state index is -4.74. The summed E-state index contributed by atoms with van der Waals surface area (Å²) in [5, 5.41) is 4.48. The van der Waals surface area contributed by atoms with Gasteiger partial charge in [-0.15, -0.1) is 13.2 Å². The number of halogens is 3. The van der Waals surface area contributed by atoms with Crippen LogP contribution in [0.1, 0.15) is 5.56 Å².